The summed E-state index contributed by atoms with van der Waals surface area (Å²) in [6.07, 6.45) is 1.06. The lowest BCUT2D eigenvalue weighted by atomic mass is 10.1. The van der Waals surface area contributed by atoms with E-state index in [9.17, 15) is 4.79 Å². The van der Waals surface area contributed by atoms with E-state index in [0.717, 1.165) is 24.1 Å². The zero-order valence-corrected chi connectivity index (χ0v) is 12.6. The number of fused-ring (bicyclic) bond motifs is 1. The van der Waals surface area contributed by atoms with E-state index < -0.39 is 0 Å². The standard InChI is InChI=1S/C16H24N2O2/c1-4-17-14-7-5-6-8-15(14)18(16(17)19)10-12-20-11-9-13(2)3/h5-8,13H,4,9-12H2,1-3H3. The van der Waals surface area contributed by atoms with Crippen LogP contribution in [-0.2, 0) is 17.8 Å². The molecule has 110 valence electrons. The van der Waals surface area contributed by atoms with Crippen LogP contribution in [0.5, 0.6) is 0 Å². The minimum atomic E-state index is 0.0566. The van der Waals surface area contributed by atoms with E-state index in [1.165, 1.54) is 0 Å². The number of benzene rings is 1. The largest absolute Gasteiger partial charge is 0.380 e. The molecule has 0 aliphatic rings. The third kappa shape index (κ3) is 3.12. The molecular weight excluding hydrogens is 252 g/mol. The number of hydrogen-bond acceptors (Lipinski definition) is 2. The number of ether oxygens (including phenoxy) is 1. The molecule has 0 radical (unpaired) electrons. The Morgan fingerprint density at radius 3 is 2.35 bits per heavy atom. The molecule has 4 nitrogen and oxygen atoms in total. The Morgan fingerprint density at radius 2 is 1.75 bits per heavy atom. The fraction of sp³-hybridized carbons (Fsp3) is 0.562. The molecule has 0 saturated heterocycles. The van der Waals surface area contributed by atoms with Crippen LogP contribution in [0.4, 0.5) is 0 Å². The van der Waals surface area contributed by atoms with Gasteiger partial charge in [-0.25, -0.2) is 4.79 Å². The highest BCUT2D eigenvalue weighted by Crippen LogP contribution is 2.12. The third-order valence-electron chi connectivity index (χ3n) is 3.54. The lowest BCUT2D eigenvalue weighted by Crippen LogP contribution is -2.25. The van der Waals surface area contributed by atoms with Crippen molar-refractivity contribution in [1.29, 1.82) is 0 Å². The van der Waals surface area contributed by atoms with E-state index in [1.807, 2.05) is 40.3 Å². The number of rotatable bonds is 7. The van der Waals surface area contributed by atoms with Crippen LogP contribution in [0, 0.1) is 5.92 Å². The summed E-state index contributed by atoms with van der Waals surface area (Å²) in [5.41, 5.74) is 2.05. The third-order valence-corrected chi connectivity index (χ3v) is 3.54. The molecule has 2 aromatic rings. The summed E-state index contributed by atoms with van der Waals surface area (Å²) >= 11 is 0. The first-order valence-corrected chi connectivity index (χ1v) is 7.41. The van der Waals surface area contributed by atoms with Crippen LogP contribution in [0.3, 0.4) is 0 Å². The van der Waals surface area contributed by atoms with E-state index in [1.54, 1.807) is 0 Å². The minimum absolute atomic E-state index is 0.0566. The summed E-state index contributed by atoms with van der Waals surface area (Å²) in [6, 6.07) is 7.93. The highest BCUT2D eigenvalue weighted by Gasteiger charge is 2.10. The van der Waals surface area contributed by atoms with Gasteiger partial charge in [-0.3, -0.25) is 9.13 Å². The van der Waals surface area contributed by atoms with Crippen molar-refractivity contribution >= 4 is 11.0 Å². The molecule has 0 spiro atoms. The molecule has 0 amide bonds. The molecule has 0 aliphatic carbocycles. The van der Waals surface area contributed by atoms with Gasteiger partial charge in [0.15, 0.2) is 0 Å². The number of aryl methyl sites for hydroxylation is 1. The van der Waals surface area contributed by atoms with Crippen molar-refractivity contribution in [2.24, 2.45) is 5.92 Å². The van der Waals surface area contributed by atoms with Crippen molar-refractivity contribution in [2.75, 3.05) is 13.2 Å². The number of aromatic nitrogens is 2. The highest BCUT2D eigenvalue weighted by molar-refractivity contribution is 5.75. The molecule has 0 fully saturated rings. The summed E-state index contributed by atoms with van der Waals surface area (Å²) in [7, 11) is 0. The molecule has 0 aliphatic heterocycles. The lowest BCUT2D eigenvalue weighted by Gasteiger charge is -2.07. The normalized spacial score (nSPS) is 11.6. The molecular formula is C16H24N2O2. The summed E-state index contributed by atoms with van der Waals surface area (Å²) in [5, 5.41) is 0. The Kier molecular flexibility index (Phi) is 5.01. The van der Waals surface area contributed by atoms with E-state index in [2.05, 4.69) is 13.8 Å². The van der Waals surface area contributed by atoms with Gasteiger partial charge in [0.25, 0.3) is 0 Å². The number of nitrogens with zero attached hydrogens (tertiary/aromatic N) is 2. The molecule has 0 unspecified atom stereocenters. The van der Waals surface area contributed by atoms with Crippen molar-refractivity contribution in [1.82, 2.24) is 9.13 Å². The number of hydrogen-bond donors (Lipinski definition) is 0. The molecule has 4 heteroatoms. The summed E-state index contributed by atoms with van der Waals surface area (Å²) in [4.78, 5) is 12.4. The van der Waals surface area contributed by atoms with Crippen LogP contribution >= 0.6 is 0 Å². The molecule has 0 saturated carbocycles. The van der Waals surface area contributed by atoms with Crippen molar-refractivity contribution in [2.45, 2.75) is 40.3 Å². The maximum Gasteiger partial charge on any atom is 0.329 e. The Balaban J connectivity index is 2.10. The zero-order valence-electron chi connectivity index (χ0n) is 12.6. The van der Waals surface area contributed by atoms with Gasteiger partial charge in [0.1, 0.15) is 0 Å². The Hall–Kier alpha value is -1.55. The first-order valence-electron chi connectivity index (χ1n) is 7.41. The Morgan fingerprint density at radius 1 is 1.10 bits per heavy atom. The minimum Gasteiger partial charge on any atom is -0.380 e. The van der Waals surface area contributed by atoms with Crippen LogP contribution in [0.25, 0.3) is 11.0 Å². The molecule has 0 bridgehead atoms. The first-order chi connectivity index (χ1) is 9.65. The van der Waals surface area contributed by atoms with Gasteiger partial charge in [-0.2, -0.15) is 0 Å². The highest BCUT2D eigenvalue weighted by atomic mass is 16.5. The van der Waals surface area contributed by atoms with Crippen molar-refractivity contribution in [3.63, 3.8) is 0 Å². The van der Waals surface area contributed by atoms with Crippen LogP contribution in [0.15, 0.2) is 29.1 Å². The summed E-state index contributed by atoms with van der Waals surface area (Å²) in [6.45, 7) is 9.02. The molecule has 0 atom stereocenters. The van der Waals surface area contributed by atoms with Crippen LogP contribution in [-0.4, -0.2) is 22.3 Å². The predicted molar refractivity (Wildman–Crippen MR) is 82.1 cm³/mol. The van der Waals surface area contributed by atoms with Gasteiger partial charge in [0.2, 0.25) is 0 Å². The van der Waals surface area contributed by atoms with Crippen molar-refractivity contribution in [3.05, 3.63) is 34.7 Å². The van der Waals surface area contributed by atoms with Gasteiger partial charge in [-0.1, -0.05) is 26.0 Å². The van der Waals surface area contributed by atoms with Crippen LogP contribution < -0.4 is 5.69 Å². The van der Waals surface area contributed by atoms with Crippen molar-refractivity contribution < 1.29 is 4.74 Å². The van der Waals surface area contributed by atoms with Crippen molar-refractivity contribution in [3.8, 4) is 0 Å². The average molecular weight is 276 g/mol. The van der Waals surface area contributed by atoms with E-state index in [-0.39, 0.29) is 5.69 Å². The molecule has 1 aromatic heterocycles. The lowest BCUT2D eigenvalue weighted by molar-refractivity contribution is 0.116. The second-order valence-corrected chi connectivity index (χ2v) is 5.46. The Labute approximate surface area is 120 Å². The summed E-state index contributed by atoms with van der Waals surface area (Å²) < 4.78 is 9.25. The van der Waals surface area contributed by atoms with Gasteiger partial charge in [-0.15, -0.1) is 0 Å². The fourth-order valence-corrected chi connectivity index (χ4v) is 2.37. The maximum atomic E-state index is 12.4. The second-order valence-electron chi connectivity index (χ2n) is 5.46. The fourth-order valence-electron chi connectivity index (χ4n) is 2.37. The van der Waals surface area contributed by atoms with Crippen LogP contribution in [0.1, 0.15) is 27.2 Å². The number of imidazole rings is 1. The molecule has 1 heterocycles. The maximum absolute atomic E-state index is 12.4. The van der Waals surface area contributed by atoms with Gasteiger partial charge in [-0.05, 0) is 31.4 Å². The van der Waals surface area contributed by atoms with E-state index in [4.69, 9.17) is 4.74 Å². The SMILES string of the molecule is CCn1c(=O)n(CCOCCC(C)C)c2ccccc21. The zero-order chi connectivity index (χ0) is 14.5. The second kappa shape index (κ2) is 6.75. The molecule has 1 aromatic carbocycles. The Bertz CT molecular complexity index is 610. The summed E-state index contributed by atoms with van der Waals surface area (Å²) in [5.74, 6) is 0.653. The molecule has 0 N–H and O–H groups in total. The monoisotopic (exact) mass is 276 g/mol. The average Bonchev–Trinajstić information content (AvgIpc) is 2.70. The first kappa shape index (κ1) is 14.9. The number of para-hydroxylation sites is 2. The van der Waals surface area contributed by atoms with Gasteiger partial charge in [0, 0.05) is 13.2 Å². The smallest absolute Gasteiger partial charge is 0.329 e. The molecule has 2 rings (SSSR count). The quantitative estimate of drug-likeness (QED) is 0.729. The van der Waals surface area contributed by atoms with Crippen LogP contribution in [0.2, 0.25) is 0 Å². The predicted octanol–water partition coefficient (Wildman–Crippen LogP) is 2.89. The van der Waals surface area contributed by atoms with Gasteiger partial charge >= 0.3 is 5.69 Å². The van der Waals surface area contributed by atoms with E-state index >= 15 is 0 Å². The van der Waals surface area contributed by atoms with E-state index in [0.29, 0.717) is 25.6 Å². The topological polar surface area (TPSA) is 36.2 Å². The van der Waals surface area contributed by atoms with Gasteiger partial charge in [0.05, 0.1) is 24.2 Å². The molecule has 20 heavy (non-hydrogen) atoms. The van der Waals surface area contributed by atoms with Gasteiger partial charge < -0.3 is 4.74 Å².